The molecule has 5 nitrogen and oxygen atoms in total. The van der Waals surface area contributed by atoms with Crippen molar-refractivity contribution in [3.63, 3.8) is 0 Å². The molecule has 1 aliphatic heterocycles. The minimum absolute atomic E-state index is 0.0830. The van der Waals surface area contributed by atoms with Crippen LogP contribution in [0.3, 0.4) is 0 Å². The second-order valence-corrected chi connectivity index (χ2v) is 8.32. The van der Waals surface area contributed by atoms with Crippen LogP contribution in [0, 0.1) is 0 Å². The monoisotopic (exact) mass is 376 g/mol. The van der Waals surface area contributed by atoms with Crippen LogP contribution in [0.5, 0.6) is 0 Å². The third-order valence-corrected chi connectivity index (χ3v) is 6.10. The minimum Gasteiger partial charge on any atom is -0.373 e. The minimum atomic E-state index is -3.48. The molecule has 1 heterocycles. The smallest absolute Gasteiger partial charge is 0.282 e. The Morgan fingerprint density at radius 2 is 1.86 bits per heavy atom. The van der Waals surface area contributed by atoms with Gasteiger partial charge >= 0.3 is 0 Å². The van der Waals surface area contributed by atoms with E-state index < -0.39 is 10.2 Å². The maximum atomic E-state index is 12.7. The molecule has 0 aliphatic carbocycles. The summed E-state index contributed by atoms with van der Waals surface area (Å²) in [4.78, 5) is 0. The molecule has 0 saturated carbocycles. The normalized spacial score (nSPS) is 24.4. The van der Waals surface area contributed by atoms with Gasteiger partial charge in [0, 0.05) is 31.2 Å². The highest BCUT2D eigenvalue weighted by Crippen LogP contribution is 2.21. The molecule has 1 aromatic rings. The molecule has 0 amide bonds. The molecule has 2 atom stereocenters. The zero-order chi connectivity index (χ0) is 15.6. The Hall–Kier alpha value is -0.470. The van der Waals surface area contributed by atoms with Crippen molar-refractivity contribution in [1.82, 2.24) is 8.61 Å². The van der Waals surface area contributed by atoms with Gasteiger partial charge in [-0.2, -0.15) is 17.0 Å². The average Bonchev–Trinajstić information content (AvgIpc) is 2.40. The van der Waals surface area contributed by atoms with Gasteiger partial charge in [-0.1, -0.05) is 34.1 Å². The summed E-state index contributed by atoms with van der Waals surface area (Å²) in [5.41, 5.74) is 0.943. The number of hydrogen-bond acceptors (Lipinski definition) is 3. The zero-order valence-corrected chi connectivity index (χ0v) is 14.9. The maximum Gasteiger partial charge on any atom is 0.282 e. The van der Waals surface area contributed by atoms with Gasteiger partial charge in [0.15, 0.2) is 0 Å². The lowest BCUT2D eigenvalue weighted by molar-refractivity contribution is -0.0453. The largest absolute Gasteiger partial charge is 0.373 e. The SMILES string of the molecule is C[C@@H]1CN(S(=O)(=O)N(C)Cc2ccccc2Br)C[C@@H](C)O1. The topological polar surface area (TPSA) is 49.9 Å². The van der Waals surface area contributed by atoms with Crippen LogP contribution >= 0.6 is 15.9 Å². The fourth-order valence-electron chi connectivity index (χ4n) is 2.46. The van der Waals surface area contributed by atoms with Gasteiger partial charge in [-0.25, -0.2) is 0 Å². The number of ether oxygens (including phenoxy) is 1. The van der Waals surface area contributed by atoms with Gasteiger partial charge in [-0.05, 0) is 25.5 Å². The van der Waals surface area contributed by atoms with Crippen LogP contribution in [0.1, 0.15) is 19.4 Å². The van der Waals surface area contributed by atoms with E-state index in [1.54, 1.807) is 7.05 Å². The highest BCUT2D eigenvalue weighted by Gasteiger charge is 2.33. The quantitative estimate of drug-likeness (QED) is 0.809. The van der Waals surface area contributed by atoms with Crippen LogP contribution in [-0.2, 0) is 21.5 Å². The summed E-state index contributed by atoms with van der Waals surface area (Å²) in [6.07, 6.45) is -0.166. The number of nitrogens with zero attached hydrogens (tertiary/aromatic N) is 2. The fraction of sp³-hybridized carbons (Fsp3) is 0.571. The first kappa shape index (κ1) is 16.9. The molecule has 1 saturated heterocycles. The molecule has 0 bridgehead atoms. The molecule has 0 unspecified atom stereocenters. The average molecular weight is 377 g/mol. The predicted octanol–water partition coefficient (Wildman–Crippen LogP) is 2.23. The Balaban J connectivity index is 2.13. The van der Waals surface area contributed by atoms with Crippen molar-refractivity contribution in [2.45, 2.75) is 32.6 Å². The third kappa shape index (κ3) is 4.04. The molecule has 1 aliphatic rings. The van der Waals surface area contributed by atoms with Crippen molar-refractivity contribution in [3.05, 3.63) is 34.3 Å². The summed E-state index contributed by atoms with van der Waals surface area (Å²) in [5, 5.41) is 0. The van der Waals surface area contributed by atoms with E-state index in [1.165, 1.54) is 8.61 Å². The molecule has 0 spiro atoms. The standard InChI is InChI=1S/C14H21BrN2O3S/c1-11-8-17(9-12(2)20-11)21(18,19)16(3)10-13-6-4-5-7-14(13)15/h4-7,11-12H,8-10H2,1-3H3/t11-,12-/m1/s1. The molecular formula is C14H21BrN2O3S. The van der Waals surface area contributed by atoms with E-state index in [0.29, 0.717) is 19.6 Å². The summed E-state index contributed by atoms with van der Waals surface area (Å²) in [6, 6.07) is 7.64. The lowest BCUT2D eigenvalue weighted by atomic mass is 10.2. The van der Waals surface area contributed by atoms with E-state index in [9.17, 15) is 8.42 Å². The Kier molecular flexibility index (Phi) is 5.43. The Morgan fingerprint density at radius 1 is 1.29 bits per heavy atom. The van der Waals surface area contributed by atoms with Crippen LogP contribution in [0.2, 0.25) is 0 Å². The molecule has 0 radical (unpaired) electrons. The highest BCUT2D eigenvalue weighted by molar-refractivity contribution is 9.10. The molecule has 0 aromatic heterocycles. The van der Waals surface area contributed by atoms with Crippen molar-refractivity contribution < 1.29 is 13.2 Å². The van der Waals surface area contributed by atoms with E-state index in [2.05, 4.69) is 15.9 Å². The van der Waals surface area contributed by atoms with Crippen LogP contribution in [0.15, 0.2) is 28.7 Å². The van der Waals surface area contributed by atoms with Crippen molar-refractivity contribution >= 4 is 26.1 Å². The summed E-state index contributed by atoms with van der Waals surface area (Å²) in [6.45, 7) is 4.92. The van der Waals surface area contributed by atoms with Crippen LogP contribution < -0.4 is 0 Å². The summed E-state index contributed by atoms with van der Waals surface area (Å²) >= 11 is 3.45. The first-order valence-electron chi connectivity index (χ1n) is 6.91. The first-order valence-corrected chi connectivity index (χ1v) is 9.10. The van der Waals surface area contributed by atoms with Gasteiger partial charge in [0.2, 0.25) is 0 Å². The number of morpholine rings is 1. The van der Waals surface area contributed by atoms with Crippen molar-refractivity contribution in [1.29, 1.82) is 0 Å². The van der Waals surface area contributed by atoms with Crippen LogP contribution in [0.4, 0.5) is 0 Å². The van der Waals surface area contributed by atoms with E-state index >= 15 is 0 Å². The summed E-state index contributed by atoms with van der Waals surface area (Å²) in [7, 11) is -1.87. The lowest BCUT2D eigenvalue weighted by Gasteiger charge is -2.36. The molecule has 2 rings (SSSR count). The molecule has 118 valence electrons. The van der Waals surface area contributed by atoms with Gasteiger partial charge in [-0.15, -0.1) is 0 Å². The van der Waals surface area contributed by atoms with Crippen molar-refractivity contribution in [2.75, 3.05) is 20.1 Å². The Morgan fingerprint density at radius 3 is 2.43 bits per heavy atom. The van der Waals surface area contributed by atoms with Crippen LogP contribution in [-0.4, -0.2) is 49.4 Å². The van der Waals surface area contributed by atoms with Gasteiger partial charge in [-0.3, -0.25) is 0 Å². The van der Waals surface area contributed by atoms with Gasteiger partial charge < -0.3 is 4.74 Å². The first-order chi connectivity index (χ1) is 9.80. The zero-order valence-electron chi connectivity index (χ0n) is 12.5. The highest BCUT2D eigenvalue weighted by atomic mass is 79.9. The molecule has 1 aromatic carbocycles. The van der Waals surface area contributed by atoms with E-state index in [-0.39, 0.29) is 12.2 Å². The predicted molar refractivity (Wildman–Crippen MR) is 86.1 cm³/mol. The summed E-state index contributed by atoms with van der Waals surface area (Å²) in [5.74, 6) is 0. The fourth-order valence-corrected chi connectivity index (χ4v) is 4.37. The third-order valence-electron chi connectivity index (χ3n) is 3.46. The number of halogens is 1. The molecule has 1 fully saturated rings. The van der Waals surface area contributed by atoms with Crippen molar-refractivity contribution in [2.24, 2.45) is 0 Å². The number of hydrogen-bond donors (Lipinski definition) is 0. The van der Waals surface area contributed by atoms with E-state index in [1.807, 2.05) is 38.1 Å². The maximum absolute atomic E-state index is 12.7. The summed E-state index contributed by atoms with van der Waals surface area (Å²) < 4.78 is 34.7. The van der Waals surface area contributed by atoms with Gasteiger partial charge in [0.25, 0.3) is 10.2 Å². The lowest BCUT2D eigenvalue weighted by Crippen LogP contribution is -2.52. The molecule has 21 heavy (non-hydrogen) atoms. The van der Waals surface area contributed by atoms with E-state index in [0.717, 1.165) is 10.0 Å². The number of rotatable bonds is 4. The van der Waals surface area contributed by atoms with Crippen molar-refractivity contribution in [3.8, 4) is 0 Å². The molecule has 0 N–H and O–H groups in total. The molecular weight excluding hydrogens is 356 g/mol. The second-order valence-electron chi connectivity index (χ2n) is 5.43. The van der Waals surface area contributed by atoms with Gasteiger partial charge in [0.1, 0.15) is 0 Å². The second kappa shape index (κ2) is 6.75. The molecule has 7 heteroatoms. The van der Waals surface area contributed by atoms with Gasteiger partial charge in [0.05, 0.1) is 12.2 Å². The van der Waals surface area contributed by atoms with Crippen LogP contribution in [0.25, 0.3) is 0 Å². The Labute approximate surface area is 135 Å². The van der Waals surface area contributed by atoms with E-state index in [4.69, 9.17) is 4.74 Å². The number of benzene rings is 1. The Bertz CT molecular complexity index is 584.